The van der Waals surface area contributed by atoms with E-state index in [9.17, 15) is 18.7 Å². The highest BCUT2D eigenvalue weighted by atomic mass is 32.3. The number of carbonyl (C=O) groups is 2. The Hall–Kier alpha value is -2.66. The summed E-state index contributed by atoms with van der Waals surface area (Å²) >= 11 is 1.43. The number of carbonyl (C=O) groups excluding carboxylic acids is 1. The Balaban J connectivity index is 2.20. The van der Waals surface area contributed by atoms with Crippen LogP contribution in [0.4, 0.5) is 11.4 Å². The van der Waals surface area contributed by atoms with Gasteiger partial charge in [0, 0.05) is 40.6 Å². The lowest BCUT2D eigenvalue weighted by molar-refractivity contribution is -0.131. The van der Waals surface area contributed by atoms with E-state index in [-0.39, 0.29) is 22.6 Å². The van der Waals surface area contributed by atoms with E-state index in [1.165, 1.54) is 11.8 Å². The number of ether oxygens (including phenoxy) is 1. The first-order valence-corrected chi connectivity index (χ1v) is 17.4. The van der Waals surface area contributed by atoms with Crippen LogP contribution in [0.1, 0.15) is 83.5 Å². The highest BCUT2D eigenvalue weighted by Gasteiger charge is 2.42. The molecular formula is C32H46N2O6S2. The predicted molar refractivity (Wildman–Crippen MR) is 174 cm³/mol. The zero-order chi connectivity index (χ0) is 31.1. The number of aliphatic carboxylic acids is 1. The van der Waals surface area contributed by atoms with E-state index in [4.69, 9.17) is 9.84 Å². The maximum atomic E-state index is 12.8. The van der Waals surface area contributed by atoms with Crippen LogP contribution in [0.5, 0.6) is 5.75 Å². The second kappa shape index (κ2) is 14.2. The van der Waals surface area contributed by atoms with E-state index >= 15 is 0 Å². The van der Waals surface area contributed by atoms with Gasteiger partial charge in [-0.15, -0.1) is 11.8 Å². The lowest BCUT2D eigenvalue weighted by Gasteiger charge is -2.42. The molecule has 1 aliphatic rings. The van der Waals surface area contributed by atoms with Crippen LogP contribution in [-0.2, 0) is 4.79 Å². The van der Waals surface area contributed by atoms with Crippen LogP contribution >= 0.6 is 22.4 Å². The molecule has 8 nitrogen and oxygen atoms in total. The van der Waals surface area contributed by atoms with Crippen molar-refractivity contribution in [3.05, 3.63) is 54.3 Å². The van der Waals surface area contributed by atoms with Gasteiger partial charge in [0.05, 0.1) is 27.8 Å². The number of benzene rings is 2. The summed E-state index contributed by atoms with van der Waals surface area (Å²) < 4.78 is 29.3. The highest BCUT2D eigenvalue weighted by molar-refractivity contribution is 8.24. The molecule has 0 bridgehead atoms. The molecule has 1 aliphatic heterocycles. The third-order valence-corrected chi connectivity index (χ3v) is 10.2. The summed E-state index contributed by atoms with van der Waals surface area (Å²) in [4.78, 5) is 27.1. The van der Waals surface area contributed by atoms with Gasteiger partial charge in [0.25, 0.3) is 5.91 Å². The molecule has 0 radical (unpaired) electrons. The first-order valence-electron chi connectivity index (χ1n) is 14.5. The van der Waals surface area contributed by atoms with Crippen LogP contribution in [0.2, 0.25) is 0 Å². The fraction of sp³-hybridized carbons (Fsp3) is 0.500. The van der Waals surface area contributed by atoms with Gasteiger partial charge in [-0.05, 0) is 70.2 Å². The average Bonchev–Trinajstić information content (AvgIpc) is 3.01. The van der Waals surface area contributed by atoms with Crippen LogP contribution in [0.15, 0.2) is 58.5 Å². The maximum absolute atomic E-state index is 12.8. The fourth-order valence-corrected chi connectivity index (χ4v) is 8.09. The number of rotatable bonds is 12. The summed E-state index contributed by atoms with van der Waals surface area (Å²) in [6.07, 6.45) is 9.55. The molecule has 0 aliphatic carbocycles. The summed E-state index contributed by atoms with van der Waals surface area (Å²) in [5.41, 5.74) is 1.37. The lowest BCUT2D eigenvalue weighted by atomic mass is 9.79. The molecular weight excluding hydrogens is 572 g/mol. The van der Waals surface area contributed by atoms with Gasteiger partial charge in [0.15, 0.2) is 0 Å². The molecule has 42 heavy (non-hydrogen) atoms. The Morgan fingerprint density at radius 2 is 1.71 bits per heavy atom. The number of carboxylic acids is 1. The monoisotopic (exact) mass is 618 g/mol. The molecule has 0 saturated heterocycles. The van der Waals surface area contributed by atoms with Crippen molar-refractivity contribution in [2.45, 2.75) is 88.5 Å². The van der Waals surface area contributed by atoms with Gasteiger partial charge in [-0.3, -0.25) is 13.9 Å². The van der Waals surface area contributed by atoms with Gasteiger partial charge < -0.3 is 20.1 Å². The summed E-state index contributed by atoms with van der Waals surface area (Å²) in [6, 6.07) is 11.0. The Morgan fingerprint density at radius 1 is 1.10 bits per heavy atom. The first kappa shape index (κ1) is 33.8. The number of hydrogen-bond acceptors (Lipinski definition) is 7. The van der Waals surface area contributed by atoms with Gasteiger partial charge in [-0.2, -0.15) is 10.6 Å². The number of nitrogens with one attached hydrogen (secondary N) is 1. The van der Waals surface area contributed by atoms with Crippen molar-refractivity contribution in [1.29, 1.82) is 0 Å². The predicted octanol–water partition coefficient (Wildman–Crippen LogP) is 8.54. The SMILES string of the molecule is CCCCC1(CCCC)CN(c2ccc(C(=O)NC(C)(C)C)cc2)c2cc(SC)c(OC=CC(=O)O)cc2S(O)(O)C1. The first-order chi connectivity index (χ1) is 19.7. The van der Waals surface area contributed by atoms with Crippen LogP contribution in [0.3, 0.4) is 0 Å². The van der Waals surface area contributed by atoms with E-state index < -0.39 is 16.6 Å². The molecule has 0 atom stereocenters. The molecule has 1 amide bonds. The molecule has 3 rings (SSSR count). The number of nitrogens with zero attached hydrogens (tertiary/aromatic N) is 1. The normalized spacial score (nSPS) is 16.9. The number of fused-ring (bicyclic) bond motifs is 1. The van der Waals surface area contributed by atoms with Gasteiger partial charge >= 0.3 is 5.97 Å². The minimum absolute atomic E-state index is 0.152. The quantitative estimate of drug-likeness (QED) is 0.106. The summed E-state index contributed by atoms with van der Waals surface area (Å²) in [5.74, 6) is -0.691. The molecule has 1 heterocycles. The molecule has 0 spiro atoms. The minimum Gasteiger partial charge on any atom is -0.478 e. The average molecular weight is 619 g/mol. The Labute approximate surface area is 256 Å². The smallest absolute Gasteiger partial charge is 0.331 e. The third-order valence-electron chi connectivity index (χ3n) is 7.35. The number of unbranched alkanes of at least 4 members (excludes halogenated alkanes) is 2. The summed E-state index contributed by atoms with van der Waals surface area (Å²) in [6.45, 7) is 10.7. The maximum Gasteiger partial charge on any atom is 0.331 e. The summed E-state index contributed by atoms with van der Waals surface area (Å²) in [5, 5.41) is 12.0. The van der Waals surface area contributed by atoms with Crippen LogP contribution in [0.25, 0.3) is 0 Å². The number of amides is 1. The van der Waals surface area contributed by atoms with Gasteiger partial charge in [0.1, 0.15) is 5.75 Å². The molecule has 0 aromatic heterocycles. The highest BCUT2D eigenvalue weighted by Crippen LogP contribution is 2.62. The molecule has 0 unspecified atom stereocenters. The largest absolute Gasteiger partial charge is 0.478 e. The van der Waals surface area contributed by atoms with E-state index in [2.05, 4.69) is 24.1 Å². The van der Waals surface area contributed by atoms with Gasteiger partial charge in [0.2, 0.25) is 0 Å². The number of hydrogen-bond donors (Lipinski definition) is 4. The van der Waals surface area contributed by atoms with Crippen LogP contribution in [-0.4, -0.2) is 50.2 Å². The molecule has 10 heteroatoms. The number of thioether (sulfide) groups is 1. The molecule has 0 saturated carbocycles. The van der Waals surface area contributed by atoms with Crippen molar-refractivity contribution >= 4 is 45.6 Å². The third kappa shape index (κ3) is 8.69. The van der Waals surface area contributed by atoms with E-state index in [0.29, 0.717) is 28.4 Å². The van der Waals surface area contributed by atoms with Crippen LogP contribution < -0.4 is 15.0 Å². The van der Waals surface area contributed by atoms with Crippen molar-refractivity contribution in [2.75, 3.05) is 23.5 Å². The van der Waals surface area contributed by atoms with E-state index in [1.54, 1.807) is 6.07 Å². The van der Waals surface area contributed by atoms with Gasteiger partial charge in [-0.25, -0.2) is 4.79 Å². The fourth-order valence-electron chi connectivity index (χ4n) is 5.36. The Kier molecular flexibility index (Phi) is 11.4. The van der Waals surface area contributed by atoms with E-state index in [0.717, 1.165) is 61.4 Å². The minimum atomic E-state index is -3.25. The topological polar surface area (TPSA) is 119 Å². The molecule has 2 aromatic carbocycles. The number of carboxylic acid groups (broad SMARTS) is 1. The lowest BCUT2D eigenvalue weighted by Crippen LogP contribution is -2.40. The molecule has 4 N–H and O–H groups in total. The van der Waals surface area contributed by atoms with Crippen molar-refractivity contribution < 1.29 is 28.5 Å². The molecule has 232 valence electrons. The Morgan fingerprint density at radius 3 is 2.24 bits per heavy atom. The molecule has 0 fully saturated rings. The van der Waals surface area contributed by atoms with Crippen LogP contribution in [0, 0.1) is 5.41 Å². The molecule has 2 aromatic rings. The zero-order valence-electron chi connectivity index (χ0n) is 25.6. The Bertz CT molecular complexity index is 1260. The van der Waals surface area contributed by atoms with Crippen molar-refractivity contribution in [3.63, 3.8) is 0 Å². The van der Waals surface area contributed by atoms with Crippen molar-refractivity contribution in [3.8, 4) is 5.75 Å². The van der Waals surface area contributed by atoms with E-state index in [1.807, 2.05) is 57.4 Å². The van der Waals surface area contributed by atoms with Crippen molar-refractivity contribution in [1.82, 2.24) is 5.32 Å². The number of anilines is 2. The second-order valence-electron chi connectivity index (χ2n) is 12.1. The standard InChI is InChI=1S/C32H46N2O6S2/c1-7-9-16-32(17-10-8-2)21-34(24-13-11-23(12-14-24)30(37)33-31(3,4)5)25-19-27(41-6)26(40-18-15-29(35)36)20-28(25)42(38,39)22-32/h11-15,18-20,38-39H,7-10,16-17,21-22H2,1-6H3,(H,33,37)(H,35,36). The zero-order valence-corrected chi connectivity index (χ0v) is 27.2. The van der Waals surface area contributed by atoms with Gasteiger partial charge in [-0.1, -0.05) is 39.5 Å². The van der Waals surface area contributed by atoms with Crippen molar-refractivity contribution in [2.24, 2.45) is 5.41 Å². The second-order valence-corrected chi connectivity index (χ2v) is 15.0. The summed E-state index contributed by atoms with van der Waals surface area (Å²) in [7, 11) is -3.25.